The molecule has 0 aromatic carbocycles. The van der Waals surface area contributed by atoms with Crippen molar-refractivity contribution in [3.05, 3.63) is 41.5 Å². The normalized spacial score (nSPS) is 26.9. The highest BCUT2D eigenvalue weighted by molar-refractivity contribution is 5.55. The number of aryl methyl sites for hydroxylation is 2. The van der Waals surface area contributed by atoms with E-state index in [4.69, 9.17) is 0 Å². The molecule has 0 saturated heterocycles. The van der Waals surface area contributed by atoms with Crippen LogP contribution >= 0.6 is 0 Å². The van der Waals surface area contributed by atoms with Gasteiger partial charge in [0.15, 0.2) is 5.82 Å². The fourth-order valence-corrected chi connectivity index (χ4v) is 5.17. The Kier molecular flexibility index (Phi) is 4.16. The highest BCUT2D eigenvalue weighted by atomic mass is 19.4. The molecule has 0 amide bonds. The van der Waals surface area contributed by atoms with Gasteiger partial charge < -0.3 is 5.32 Å². The summed E-state index contributed by atoms with van der Waals surface area (Å²) in [6.07, 6.45) is 3.62. The van der Waals surface area contributed by atoms with Crippen LogP contribution in [-0.4, -0.2) is 34.5 Å². The molecule has 3 saturated carbocycles. The van der Waals surface area contributed by atoms with E-state index in [2.05, 4.69) is 30.5 Å². The molecule has 0 aliphatic heterocycles. The van der Waals surface area contributed by atoms with Gasteiger partial charge in [-0.2, -0.15) is 23.4 Å². The second-order valence-electron chi connectivity index (χ2n) is 9.25. The third kappa shape index (κ3) is 3.34. The predicted molar refractivity (Wildman–Crippen MR) is 108 cm³/mol. The molecule has 3 aliphatic carbocycles. The fourth-order valence-electron chi connectivity index (χ4n) is 5.17. The fraction of sp³-hybridized carbons (Fsp3) is 0.571. The lowest BCUT2D eigenvalue weighted by atomic mass is 10.1. The summed E-state index contributed by atoms with van der Waals surface area (Å²) in [6, 6.07) is 0.301. The van der Waals surface area contributed by atoms with Crippen LogP contribution in [0.3, 0.4) is 0 Å². The smallest absolute Gasteiger partial charge is 0.321 e. The number of halogens is 3. The number of fused-ring (bicyclic) bond motifs is 1. The van der Waals surface area contributed by atoms with E-state index in [-0.39, 0.29) is 17.6 Å². The zero-order chi connectivity index (χ0) is 22.2. The van der Waals surface area contributed by atoms with Gasteiger partial charge in [-0.05, 0) is 44.4 Å². The Balaban J connectivity index is 1.17. The molecule has 0 radical (unpaired) electrons. The van der Waals surface area contributed by atoms with E-state index in [1.54, 1.807) is 11.0 Å². The number of hydrogen-bond acceptors (Lipinski definition) is 6. The van der Waals surface area contributed by atoms with Crippen molar-refractivity contribution in [1.82, 2.24) is 34.5 Å². The van der Waals surface area contributed by atoms with E-state index in [0.29, 0.717) is 23.8 Å². The highest BCUT2D eigenvalue weighted by Crippen LogP contribution is 2.65. The lowest BCUT2D eigenvalue weighted by Crippen LogP contribution is -2.12. The first-order chi connectivity index (χ1) is 15.3. The van der Waals surface area contributed by atoms with Gasteiger partial charge in [-0.15, -0.1) is 0 Å². The third-order valence-corrected chi connectivity index (χ3v) is 6.96. The molecular weight excluding hydrogens is 421 g/mol. The first-order valence-corrected chi connectivity index (χ1v) is 10.9. The second kappa shape index (κ2) is 6.76. The van der Waals surface area contributed by atoms with Crippen molar-refractivity contribution in [1.29, 1.82) is 0 Å². The quantitative estimate of drug-likeness (QED) is 0.637. The largest absolute Gasteiger partial charge is 0.419 e. The Morgan fingerprint density at radius 3 is 2.47 bits per heavy atom. The van der Waals surface area contributed by atoms with Crippen LogP contribution in [0.15, 0.2) is 18.7 Å². The number of rotatable bonds is 5. The Labute approximate surface area is 182 Å². The summed E-state index contributed by atoms with van der Waals surface area (Å²) < 4.78 is 43.6. The van der Waals surface area contributed by atoms with Crippen molar-refractivity contribution in [3.8, 4) is 0 Å². The molecule has 1 N–H and O–H groups in total. The van der Waals surface area contributed by atoms with Crippen molar-refractivity contribution in [3.63, 3.8) is 0 Å². The number of nitrogens with zero attached hydrogens (tertiary/aromatic N) is 7. The SMILES string of the molecule is Cc1nn(C2CC3C(C2)C3c2ncn(C)n2)cc1Nc1ncc(C(F)(F)F)c(C2CC2)n1. The van der Waals surface area contributed by atoms with E-state index < -0.39 is 11.7 Å². The maximum absolute atomic E-state index is 13.3. The minimum absolute atomic E-state index is 0.0881. The minimum atomic E-state index is -4.44. The number of nitrogens with one attached hydrogen (secondary N) is 1. The van der Waals surface area contributed by atoms with Crippen molar-refractivity contribution < 1.29 is 13.2 Å². The molecule has 32 heavy (non-hydrogen) atoms. The minimum Gasteiger partial charge on any atom is -0.321 e. The summed E-state index contributed by atoms with van der Waals surface area (Å²) in [5, 5.41) is 12.2. The summed E-state index contributed by atoms with van der Waals surface area (Å²) in [7, 11) is 1.88. The molecule has 3 heterocycles. The molecule has 0 spiro atoms. The Hall–Kier alpha value is -2.98. The molecule has 3 aliphatic rings. The third-order valence-electron chi connectivity index (χ3n) is 6.96. The average molecular weight is 444 g/mol. The molecule has 2 unspecified atom stereocenters. The lowest BCUT2D eigenvalue weighted by molar-refractivity contribution is -0.138. The molecule has 168 valence electrons. The molecule has 11 heteroatoms. The van der Waals surface area contributed by atoms with Gasteiger partial charge in [0, 0.05) is 31.3 Å². The topological polar surface area (TPSA) is 86.3 Å². The van der Waals surface area contributed by atoms with Gasteiger partial charge in [0.25, 0.3) is 0 Å². The predicted octanol–water partition coefficient (Wildman–Crippen LogP) is 4.11. The molecule has 8 nitrogen and oxygen atoms in total. The standard InChI is InChI=1S/C21H23F3N8/c1-10-16(27-20-25-7-15(21(22,23)24)18(28-20)11-3-4-11)8-32(29-10)12-5-13-14(6-12)17(13)19-26-9-31(2)30-19/h7-9,11-14,17H,3-6H2,1-2H3,(H,25,27,28). The molecular formula is C21H23F3N8. The van der Waals surface area contributed by atoms with E-state index in [0.717, 1.165) is 49.1 Å². The van der Waals surface area contributed by atoms with E-state index in [9.17, 15) is 13.2 Å². The number of anilines is 2. The first-order valence-electron chi connectivity index (χ1n) is 10.9. The van der Waals surface area contributed by atoms with E-state index in [1.165, 1.54) is 0 Å². The summed E-state index contributed by atoms with van der Waals surface area (Å²) in [6.45, 7) is 1.88. The molecule has 2 atom stereocenters. The maximum Gasteiger partial charge on any atom is 0.419 e. The summed E-state index contributed by atoms with van der Waals surface area (Å²) in [5.41, 5.74) is 0.838. The van der Waals surface area contributed by atoms with E-state index >= 15 is 0 Å². The van der Waals surface area contributed by atoms with Crippen LogP contribution in [-0.2, 0) is 13.2 Å². The molecule has 0 bridgehead atoms. The van der Waals surface area contributed by atoms with Crippen molar-refractivity contribution in [2.45, 2.75) is 56.7 Å². The summed E-state index contributed by atoms with van der Waals surface area (Å²) >= 11 is 0. The molecule has 6 rings (SSSR count). The zero-order valence-corrected chi connectivity index (χ0v) is 17.7. The zero-order valence-electron chi connectivity index (χ0n) is 17.7. The van der Waals surface area contributed by atoms with Gasteiger partial charge in [0.1, 0.15) is 6.33 Å². The highest BCUT2D eigenvalue weighted by Gasteiger charge is 2.58. The van der Waals surface area contributed by atoms with Crippen LogP contribution in [0.2, 0.25) is 0 Å². The van der Waals surface area contributed by atoms with Gasteiger partial charge in [0.2, 0.25) is 5.95 Å². The second-order valence-corrected chi connectivity index (χ2v) is 9.25. The monoisotopic (exact) mass is 444 g/mol. The molecule has 3 aromatic heterocycles. The van der Waals surface area contributed by atoms with Crippen LogP contribution in [0.4, 0.5) is 24.8 Å². The van der Waals surface area contributed by atoms with Gasteiger partial charge in [-0.25, -0.2) is 15.0 Å². The van der Waals surface area contributed by atoms with Gasteiger partial charge in [-0.1, -0.05) is 0 Å². The molecule has 3 fully saturated rings. The van der Waals surface area contributed by atoms with Crippen LogP contribution < -0.4 is 5.32 Å². The lowest BCUT2D eigenvalue weighted by Gasteiger charge is -2.14. The average Bonchev–Trinajstić information content (AvgIpc) is 3.56. The Morgan fingerprint density at radius 1 is 1.09 bits per heavy atom. The van der Waals surface area contributed by atoms with Crippen LogP contribution in [0.5, 0.6) is 0 Å². The van der Waals surface area contributed by atoms with Crippen LogP contribution in [0.25, 0.3) is 0 Å². The van der Waals surface area contributed by atoms with Crippen molar-refractivity contribution in [2.24, 2.45) is 18.9 Å². The summed E-state index contributed by atoms with van der Waals surface area (Å²) in [4.78, 5) is 12.5. The van der Waals surface area contributed by atoms with Crippen LogP contribution in [0, 0.1) is 18.8 Å². The van der Waals surface area contributed by atoms with Gasteiger partial charge in [0.05, 0.1) is 28.7 Å². The first kappa shape index (κ1) is 19.7. The molecule has 3 aromatic rings. The van der Waals surface area contributed by atoms with Gasteiger partial charge >= 0.3 is 6.18 Å². The van der Waals surface area contributed by atoms with Crippen molar-refractivity contribution >= 4 is 11.6 Å². The number of aromatic nitrogens is 7. The van der Waals surface area contributed by atoms with E-state index in [1.807, 2.05) is 24.9 Å². The van der Waals surface area contributed by atoms with Crippen LogP contribution in [0.1, 0.15) is 66.3 Å². The maximum atomic E-state index is 13.3. The Morgan fingerprint density at radius 2 is 1.84 bits per heavy atom. The van der Waals surface area contributed by atoms with Gasteiger partial charge in [-0.3, -0.25) is 9.36 Å². The summed E-state index contributed by atoms with van der Waals surface area (Å²) in [5.74, 6) is 2.60. The Bertz CT molecular complexity index is 1170. The number of alkyl halides is 3. The van der Waals surface area contributed by atoms with Crippen molar-refractivity contribution in [2.75, 3.05) is 5.32 Å². The number of hydrogen-bond donors (Lipinski definition) is 1.